The summed E-state index contributed by atoms with van der Waals surface area (Å²) in [6, 6.07) is 4.40. The summed E-state index contributed by atoms with van der Waals surface area (Å²) in [5, 5.41) is 4.38. The molecule has 4 rings (SSSR count). The van der Waals surface area contributed by atoms with Gasteiger partial charge >= 0.3 is 0 Å². The van der Waals surface area contributed by atoms with Crippen LogP contribution in [0.2, 0.25) is 0 Å². The predicted octanol–water partition coefficient (Wildman–Crippen LogP) is 3.81. The van der Waals surface area contributed by atoms with E-state index in [1.165, 1.54) is 23.9 Å². The average molecular weight is 421 g/mol. The van der Waals surface area contributed by atoms with Gasteiger partial charge in [-0.15, -0.1) is 6.42 Å². The number of imidazole rings is 1. The number of nitrogens with two attached hydrogens (primary N) is 1. The van der Waals surface area contributed by atoms with Gasteiger partial charge in [-0.25, -0.2) is 15.0 Å². The first-order valence-electron chi connectivity index (χ1n) is 10.4. The number of aryl methyl sites for hydroxylation is 3. The maximum Gasteiger partial charge on any atom is 0.175 e. The first kappa shape index (κ1) is 20.7. The Morgan fingerprint density at radius 2 is 2.00 bits per heavy atom. The molecule has 1 aliphatic carbocycles. The van der Waals surface area contributed by atoms with E-state index < -0.39 is 0 Å². The fourth-order valence-electron chi connectivity index (χ4n) is 3.81. The van der Waals surface area contributed by atoms with Crippen LogP contribution in [0.15, 0.2) is 28.5 Å². The van der Waals surface area contributed by atoms with Crippen molar-refractivity contribution in [3.63, 3.8) is 0 Å². The number of fused-ring (bicyclic) bond motifs is 2. The molecule has 3 N–H and O–H groups in total. The summed E-state index contributed by atoms with van der Waals surface area (Å²) < 4.78 is 2.13. The number of aromatic nitrogens is 4. The van der Waals surface area contributed by atoms with Gasteiger partial charge in [0.05, 0.1) is 0 Å². The Morgan fingerprint density at radius 1 is 1.23 bits per heavy atom. The molecule has 0 bridgehead atoms. The van der Waals surface area contributed by atoms with Crippen molar-refractivity contribution in [3.05, 3.63) is 35.2 Å². The normalized spacial score (nSPS) is 13.5. The summed E-state index contributed by atoms with van der Waals surface area (Å²) >= 11 is 1.60. The van der Waals surface area contributed by atoms with Crippen LogP contribution in [0.25, 0.3) is 11.2 Å². The zero-order chi connectivity index (χ0) is 21.3. The van der Waals surface area contributed by atoms with E-state index in [0.29, 0.717) is 11.3 Å². The highest BCUT2D eigenvalue weighted by molar-refractivity contribution is 7.99. The van der Waals surface area contributed by atoms with Crippen molar-refractivity contribution in [2.24, 2.45) is 0 Å². The number of nitrogens with zero attached hydrogens (tertiary/aromatic N) is 4. The Morgan fingerprint density at radius 3 is 2.73 bits per heavy atom. The monoisotopic (exact) mass is 420 g/mol. The number of rotatable bonds is 6. The van der Waals surface area contributed by atoms with E-state index in [0.717, 1.165) is 53.6 Å². The van der Waals surface area contributed by atoms with Crippen LogP contribution in [0.3, 0.4) is 0 Å². The van der Waals surface area contributed by atoms with Crippen molar-refractivity contribution in [2.75, 3.05) is 12.3 Å². The van der Waals surface area contributed by atoms with Gasteiger partial charge in [-0.1, -0.05) is 17.7 Å². The van der Waals surface area contributed by atoms with Crippen LogP contribution >= 0.6 is 11.8 Å². The van der Waals surface area contributed by atoms with E-state index in [9.17, 15) is 0 Å². The van der Waals surface area contributed by atoms with Gasteiger partial charge in [-0.2, -0.15) is 0 Å². The lowest BCUT2D eigenvalue weighted by molar-refractivity contribution is 0.412. The molecule has 0 amide bonds. The molecule has 1 aliphatic rings. The van der Waals surface area contributed by atoms with Crippen LogP contribution in [0.1, 0.15) is 50.3 Å². The maximum atomic E-state index is 6.09. The standard InChI is InChI=1S/C23H28N6S/c1-5-15-12-16-8-6-9-17(16)13-18(15)30-22-28-19-20(24)25-14-26-21(19)29(22)11-7-10-27-23(2,3)4/h1,12-14,27H,6-11H2,2-4H3,(H2,24,25,26). The molecule has 0 saturated carbocycles. The van der Waals surface area contributed by atoms with Crippen molar-refractivity contribution in [1.82, 2.24) is 24.8 Å². The Labute approximate surface area is 182 Å². The molecule has 6 nitrogen and oxygen atoms in total. The van der Waals surface area contributed by atoms with Crippen LogP contribution in [0.4, 0.5) is 5.82 Å². The van der Waals surface area contributed by atoms with Gasteiger partial charge in [0.1, 0.15) is 6.33 Å². The topological polar surface area (TPSA) is 81.7 Å². The Hall–Kier alpha value is -2.56. The lowest BCUT2D eigenvalue weighted by Gasteiger charge is -2.20. The second-order valence-electron chi connectivity index (χ2n) is 8.72. The van der Waals surface area contributed by atoms with Gasteiger partial charge in [0.2, 0.25) is 0 Å². The van der Waals surface area contributed by atoms with Gasteiger partial charge in [0, 0.05) is 22.5 Å². The Balaban J connectivity index is 1.67. The van der Waals surface area contributed by atoms with Crippen LogP contribution in [-0.4, -0.2) is 31.6 Å². The highest BCUT2D eigenvalue weighted by Crippen LogP contribution is 2.36. The summed E-state index contributed by atoms with van der Waals surface area (Å²) in [7, 11) is 0. The van der Waals surface area contributed by atoms with Crippen molar-refractivity contribution in [1.29, 1.82) is 0 Å². The highest BCUT2D eigenvalue weighted by Gasteiger charge is 2.19. The van der Waals surface area contributed by atoms with E-state index in [2.05, 4.69) is 58.7 Å². The molecule has 156 valence electrons. The van der Waals surface area contributed by atoms with Gasteiger partial charge in [-0.3, -0.25) is 0 Å². The van der Waals surface area contributed by atoms with Crippen LogP contribution in [0.5, 0.6) is 0 Å². The van der Waals surface area contributed by atoms with E-state index in [1.807, 2.05) is 0 Å². The number of nitrogen functional groups attached to an aromatic ring is 1. The zero-order valence-corrected chi connectivity index (χ0v) is 18.6. The number of anilines is 1. The molecule has 2 aromatic heterocycles. The lowest BCUT2D eigenvalue weighted by atomic mass is 10.1. The van der Waals surface area contributed by atoms with E-state index in [-0.39, 0.29) is 5.54 Å². The van der Waals surface area contributed by atoms with E-state index in [4.69, 9.17) is 17.1 Å². The zero-order valence-electron chi connectivity index (χ0n) is 17.8. The minimum atomic E-state index is 0.0906. The molecule has 0 saturated heterocycles. The quantitative estimate of drug-likeness (QED) is 0.466. The Kier molecular flexibility index (Phi) is 5.72. The predicted molar refractivity (Wildman–Crippen MR) is 123 cm³/mol. The first-order valence-corrected chi connectivity index (χ1v) is 11.2. The molecular weight excluding hydrogens is 392 g/mol. The van der Waals surface area contributed by atoms with Gasteiger partial charge in [-0.05, 0) is 76.3 Å². The molecule has 30 heavy (non-hydrogen) atoms. The summed E-state index contributed by atoms with van der Waals surface area (Å²) in [6.45, 7) is 8.20. The summed E-state index contributed by atoms with van der Waals surface area (Å²) in [6.07, 6.45) is 11.7. The molecule has 0 unspecified atom stereocenters. The lowest BCUT2D eigenvalue weighted by Crippen LogP contribution is -2.36. The van der Waals surface area contributed by atoms with Crippen LogP contribution < -0.4 is 11.1 Å². The van der Waals surface area contributed by atoms with Crippen molar-refractivity contribution in [2.45, 2.75) is 68.6 Å². The maximum absolute atomic E-state index is 6.09. The van der Waals surface area contributed by atoms with Crippen LogP contribution in [0, 0.1) is 12.3 Å². The molecule has 0 radical (unpaired) electrons. The summed E-state index contributed by atoms with van der Waals surface area (Å²) in [5.41, 5.74) is 11.3. The molecular formula is C23H28N6S. The summed E-state index contributed by atoms with van der Waals surface area (Å²) in [5.74, 6) is 3.26. The second kappa shape index (κ2) is 8.29. The first-order chi connectivity index (χ1) is 14.4. The number of benzene rings is 1. The molecule has 2 heterocycles. The van der Waals surface area contributed by atoms with Gasteiger partial charge in [0.25, 0.3) is 0 Å². The van der Waals surface area contributed by atoms with Crippen LogP contribution in [-0.2, 0) is 19.4 Å². The fourth-order valence-corrected chi connectivity index (χ4v) is 4.86. The minimum Gasteiger partial charge on any atom is -0.382 e. The SMILES string of the molecule is C#Cc1cc2c(cc1Sc1nc3c(N)ncnc3n1CCCNC(C)(C)C)CCC2. The fraction of sp³-hybridized carbons (Fsp3) is 0.435. The Bertz CT molecular complexity index is 1120. The van der Waals surface area contributed by atoms with E-state index in [1.54, 1.807) is 11.8 Å². The number of terminal acetylenes is 1. The molecule has 0 aliphatic heterocycles. The molecule has 1 aromatic carbocycles. The van der Waals surface area contributed by atoms with Gasteiger partial charge in [0.15, 0.2) is 22.1 Å². The highest BCUT2D eigenvalue weighted by atomic mass is 32.2. The number of nitrogens with one attached hydrogen (secondary N) is 1. The summed E-state index contributed by atoms with van der Waals surface area (Å²) in [4.78, 5) is 14.4. The molecule has 3 aromatic rings. The molecule has 7 heteroatoms. The largest absolute Gasteiger partial charge is 0.382 e. The number of hydrogen-bond donors (Lipinski definition) is 2. The number of hydrogen-bond acceptors (Lipinski definition) is 6. The van der Waals surface area contributed by atoms with Gasteiger partial charge < -0.3 is 15.6 Å². The second-order valence-corrected chi connectivity index (χ2v) is 9.73. The molecule has 0 atom stereocenters. The molecule has 0 fully saturated rings. The third-order valence-electron chi connectivity index (χ3n) is 5.29. The average Bonchev–Trinajstić information content (AvgIpc) is 3.29. The van der Waals surface area contributed by atoms with Crippen molar-refractivity contribution < 1.29 is 0 Å². The van der Waals surface area contributed by atoms with Crippen molar-refractivity contribution >= 4 is 28.7 Å². The minimum absolute atomic E-state index is 0.0906. The van der Waals surface area contributed by atoms with E-state index >= 15 is 0 Å². The molecule has 0 spiro atoms. The third kappa shape index (κ3) is 4.30. The third-order valence-corrected chi connectivity index (χ3v) is 6.34. The smallest absolute Gasteiger partial charge is 0.175 e. The van der Waals surface area contributed by atoms with Crippen molar-refractivity contribution in [3.8, 4) is 12.3 Å².